The molecule has 0 unspecified atom stereocenters. The van der Waals surface area contributed by atoms with E-state index in [-0.39, 0.29) is 24.2 Å². The molecule has 2 aromatic rings. The topological polar surface area (TPSA) is 97.2 Å². The lowest BCUT2D eigenvalue weighted by Gasteiger charge is -2.23. The van der Waals surface area contributed by atoms with Gasteiger partial charge < -0.3 is 9.88 Å². The molecule has 1 aliphatic carbocycles. The van der Waals surface area contributed by atoms with Gasteiger partial charge in [0.15, 0.2) is 11.0 Å². The van der Waals surface area contributed by atoms with Gasteiger partial charge in [0, 0.05) is 12.6 Å². The zero-order valence-corrected chi connectivity index (χ0v) is 19.4. The first kappa shape index (κ1) is 23.5. The van der Waals surface area contributed by atoms with Crippen molar-refractivity contribution in [3.05, 3.63) is 35.9 Å². The van der Waals surface area contributed by atoms with Gasteiger partial charge in [-0.05, 0) is 44.0 Å². The summed E-state index contributed by atoms with van der Waals surface area (Å²) in [6.07, 6.45) is 6.67. The summed E-state index contributed by atoms with van der Waals surface area (Å²) in [5, 5.41) is 12.0. The van der Waals surface area contributed by atoms with Crippen LogP contribution in [0.3, 0.4) is 0 Å². The summed E-state index contributed by atoms with van der Waals surface area (Å²) in [5.41, 5.74) is 0.343. The second-order valence-corrected chi connectivity index (χ2v) is 10.4. The summed E-state index contributed by atoms with van der Waals surface area (Å²) in [5.74, 6) is 0.197. The molecule has 1 aromatic heterocycles. The van der Waals surface area contributed by atoms with Gasteiger partial charge in [-0.15, -0.1) is 10.2 Å². The SMILES string of the molecule is CCn1c(CN(c2ccc(F)cc2)S(C)(=O)=O)nnc1SCC(=O)NC1CCCCC1. The minimum atomic E-state index is -3.63. The maximum Gasteiger partial charge on any atom is 0.232 e. The summed E-state index contributed by atoms with van der Waals surface area (Å²) in [6, 6.07) is 5.50. The second kappa shape index (κ2) is 10.4. The van der Waals surface area contributed by atoms with E-state index < -0.39 is 15.8 Å². The number of benzene rings is 1. The number of anilines is 1. The Morgan fingerprint density at radius 2 is 1.90 bits per heavy atom. The summed E-state index contributed by atoms with van der Waals surface area (Å²) in [6.45, 7) is 2.39. The maximum absolute atomic E-state index is 13.3. The fourth-order valence-electron chi connectivity index (χ4n) is 3.64. The molecular formula is C20H28FN5O3S2. The third-order valence-corrected chi connectivity index (χ3v) is 7.32. The molecule has 3 rings (SSSR count). The number of carbonyl (C=O) groups excluding carboxylic acids is 1. The number of hydrogen-bond donors (Lipinski definition) is 1. The van der Waals surface area contributed by atoms with E-state index in [1.807, 2.05) is 6.92 Å². The first-order chi connectivity index (χ1) is 14.8. The molecule has 0 spiro atoms. The van der Waals surface area contributed by atoms with Crippen molar-refractivity contribution in [3.8, 4) is 0 Å². The van der Waals surface area contributed by atoms with Crippen LogP contribution in [-0.4, -0.2) is 47.1 Å². The Balaban J connectivity index is 1.69. The molecule has 0 bridgehead atoms. The van der Waals surface area contributed by atoms with E-state index in [1.165, 1.54) is 42.4 Å². The molecule has 8 nitrogen and oxygen atoms in total. The first-order valence-corrected chi connectivity index (χ1v) is 13.2. The number of nitrogens with one attached hydrogen (secondary N) is 1. The molecule has 1 heterocycles. The van der Waals surface area contributed by atoms with Crippen LogP contribution in [-0.2, 0) is 27.9 Å². The molecule has 1 fully saturated rings. The van der Waals surface area contributed by atoms with E-state index in [9.17, 15) is 17.6 Å². The van der Waals surface area contributed by atoms with E-state index >= 15 is 0 Å². The Bertz CT molecular complexity index is 989. The molecule has 0 radical (unpaired) electrons. The average molecular weight is 470 g/mol. The number of carbonyl (C=O) groups is 1. The highest BCUT2D eigenvalue weighted by Gasteiger charge is 2.23. The zero-order valence-electron chi connectivity index (χ0n) is 17.8. The van der Waals surface area contributed by atoms with Crippen LogP contribution in [0, 0.1) is 5.82 Å². The molecule has 31 heavy (non-hydrogen) atoms. The number of nitrogens with zero attached hydrogens (tertiary/aromatic N) is 4. The van der Waals surface area contributed by atoms with Crippen LogP contribution in [0.15, 0.2) is 29.4 Å². The smallest absolute Gasteiger partial charge is 0.232 e. The lowest BCUT2D eigenvalue weighted by Crippen LogP contribution is -2.37. The van der Waals surface area contributed by atoms with Gasteiger partial charge in [0.1, 0.15) is 5.82 Å². The lowest BCUT2D eigenvalue weighted by molar-refractivity contribution is -0.119. The molecule has 1 saturated carbocycles. The molecule has 0 saturated heterocycles. The highest BCUT2D eigenvalue weighted by molar-refractivity contribution is 7.99. The largest absolute Gasteiger partial charge is 0.353 e. The van der Waals surface area contributed by atoms with Crippen LogP contribution in [0.1, 0.15) is 44.9 Å². The van der Waals surface area contributed by atoms with E-state index in [2.05, 4.69) is 15.5 Å². The number of amides is 1. The lowest BCUT2D eigenvalue weighted by atomic mass is 9.95. The molecule has 1 N–H and O–H groups in total. The quantitative estimate of drug-likeness (QED) is 0.567. The molecule has 1 amide bonds. The highest BCUT2D eigenvalue weighted by atomic mass is 32.2. The number of rotatable bonds is 9. The van der Waals surface area contributed by atoms with Gasteiger partial charge >= 0.3 is 0 Å². The standard InChI is InChI=1S/C20H28FN5O3S2/c1-3-25-18(13-26(31(2,28)29)17-11-9-15(21)10-12-17)23-24-20(25)30-14-19(27)22-16-7-5-4-6-8-16/h9-12,16H,3-8,13-14H2,1-2H3,(H,22,27). The van der Waals surface area contributed by atoms with E-state index in [4.69, 9.17) is 0 Å². The Hall–Kier alpha value is -2.14. The highest BCUT2D eigenvalue weighted by Crippen LogP contribution is 2.23. The van der Waals surface area contributed by atoms with Crippen molar-refractivity contribution in [2.24, 2.45) is 0 Å². The second-order valence-electron chi connectivity index (χ2n) is 7.58. The number of aromatic nitrogens is 3. The van der Waals surface area contributed by atoms with Gasteiger partial charge in [0.25, 0.3) is 0 Å². The average Bonchev–Trinajstić information content (AvgIpc) is 3.13. The van der Waals surface area contributed by atoms with Gasteiger partial charge in [-0.25, -0.2) is 12.8 Å². The minimum Gasteiger partial charge on any atom is -0.353 e. The molecule has 1 aromatic carbocycles. The summed E-state index contributed by atoms with van der Waals surface area (Å²) >= 11 is 1.28. The van der Waals surface area contributed by atoms with E-state index in [0.29, 0.717) is 23.2 Å². The normalized spacial score (nSPS) is 15.1. The third kappa shape index (κ3) is 6.42. The van der Waals surface area contributed by atoms with Crippen molar-refractivity contribution in [2.45, 2.75) is 63.3 Å². The van der Waals surface area contributed by atoms with Crippen molar-refractivity contribution in [1.29, 1.82) is 0 Å². The Labute approximate surface area is 186 Å². The number of hydrogen-bond acceptors (Lipinski definition) is 6. The molecule has 11 heteroatoms. The van der Waals surface area contributed by atoms with Crippen LogP contribution < -0.4 is 9.62 Å². The summed E-state index contributed by atoms with van der Waals surface area (Å²) < 4.78 is 40.9. The van der Waals surface area contributed by atoms with Crippen LogP contribution in [0.25, 0.3) is 0 Å². The van der Waals surface area contributed by atoms with Crippen LogP contribution in [0.4, 0.5) is 10.1 Å². The van der Waals surface area contributed by atoms with Gasteiger partial charge in [0.05, 0.1) is 24.2 Å². The molecule has 1 aliphatic rings. The van der Waals surface area contributed by atoms with Crippen LogP contribution >= 0.6 is 11.8 Å². The Morgan fingerprint density at radius 3 is 2.52 bits per heavy atom. The minimum absolute atomic E-state index is 0.0341. The van der Waals surface area contributed by atoms with Gasteiger partial charge in [-0.3, -0.25) is 9.10 Å². The predicted molar refractivity (Wildman–Crippen MR) is 119 cm³/mol. The predicted octanol–water partition coefficient (Wildman–Crippen LogP) is 2.94. The third-order valence-electron chi connectivity index (χ3n) is 5.21. The zero-order chi connectivity index (χ0) is 22.4. The first-order valence-electron chi connectivity index (χ1n) is 10.4. The Kier molecular flexibility index (Phi) is 7.93. The van der Waals surface area contributed by atoms with Crippen LogP contribution in [0.5, 0.6) is 0 Å². The van der Waals surface area contributed by atoms with Crippen molar-refractivity contribution in [3.63, 3.8) is 0 Å². The van der Waals surface area contributed by atoms with Crippen molar-refractivity contribution >= 4 is 33.4 Å². The van der Waals surface area contributed by atoms with E-state index in [1.54, 1.807) is 4.57 Å². The molecule has 0 atom stereocenters. The summed E-state index contributed by atoms with van der Waals surface area (Å²) in [7, 11) is -3.63. The molecule has 0 aliphatic heterocycles. The molecule has 170 valence electrons. The van der Waals surface area contributed by atoms with Crippen molar-refractivity contribution in [1.82, 2.24) is 20.1 Å². The molecular weight excluding hydrogens is 441 g/mol. The van der Waals surface area contributed by atoms with Crippen molar-refractivity contribution < 1.29 is 17.6 Å². The number of halogens is 1. The maximum atomic E-state index is 13.3. The number of sulfonamides is 1. The van der Waals surface area contributed by atoms with Gasteiger partial charge in [0.2, 0.25) is 15.9 Å². The monoisotopic (exact) mass is 469 g/mol. The summed E-state index contributed by atoms with van der Waals surface area (Å²) in [4.78, 5) is 12.3. The van der Waals surface area contributed by atoms with Crippen molar-refractivity contribution in [2.75, 3.05) is 16.3 Å². The van der Waals surface area contributed by atoms with Crippen LogP contribution in [0.2, 0.25) is 0 Å². The number of thioether (sulfide) groups is 1. The van der Waals surface area contributed by atoms with Gasteiger partial charge in [-0.2, -0.15) is 0 Å². The fourth-order valence-corrected chi connectivity index (χ4v) is 5.33. The van der Waals surface area contributed by atoms with E-state index in [0.717, 1.165) is 36.2 Å². The van der Waals surface area contributed by atoms with Gasteiger partial charge in [-0.1, -0.05) is 31.0 Å². The fraction of sp³-hybridized carbons (Fsp3) is 0.550. The Morgan fingerprint density at radius 1 is 1.23 bits per heavy atom.